The van der Waals surface area contributed by atoms with Gasteiger partial charge in [0.1, 0.15) is 11.5 Å². The van der Waals surface area contributed by atoms with Crippen molar-refractivity contribution < 1.29 is 55.0 Å². The van der Waals surface area contributed by atoms with Crippen LogP contribution >= 0.6 is 0 Å². The molecule has 0 atom stereocenters. The number of aromatic hydroxyl groups is 2. The molecular weight excluding hydrogens is 525 g/mol. The van der Waals surface area contributed by atoms with E-state index in [-0.39, 0.29) is 24.8 Å². The van der Waals surface area contributed by atoms with Crippen LogP contribution in [0.2, 0.25) is 0 Å². The van der Waals surface area contributed by atoms with Gasteiger partial charge in [0.05, 0.1) is 0 Å². The molecule has 1 heterocycles. The summed E-state index contributed by atoms with van der Waals surface area (Å²) in [7, 11) is 0. The summed E-state index contributed by atoms with van der Waals surface area (Å²) in [5.41, 5.74) is 2.10. The van der Waals surface area contributed by atoms with E-state index < -0.39 is 0 Å². The third kappa shape index (κ3) is 7.40. The first-order chi connectivity index (χ1) is 16.7. The van der Waals surface area contributed by atoms with Gasteiger partial charge in [-0.1, -0.05) is 72.8 Å². The molecule has 0 unspecified atom stereocenters. The molecule has 0 saturated carbocycles. The van der Waals surface area contributed by atoms with Crippen molar-refractivity contribution in [1.29, 1.82) is 0 Å². The van der Waals surface area contributed by atoms with Crippen LogP contribution in [0.4, 0.5) is 0 Å². The molecule has 6 rings (SSSR count). The summed E-state index contributed by atoms with van der Waals surface area (Å²) in [6.07, 6.45) is 0. The minimum atomic E-state index is 0. The van der Waals surface area contributed by atoms with Gasteiger partial charge in [0.25, 0.3) is 0 Å². The summed E-state index contributed by atoms with van der Waals surface area (Å²) in [5.74, 6) is 0.700. The van der Waals surface area contributed by atoms with Crippen LogP contribution in [0.1, 0.15) is 5.69 Å². The average Bonchev–Trinajstić information content (AvgIpc) is 2.90. The van der Waals surface area contributed by atoms with Gasteiger partial charge in [-0.15, -0.1) is 0 Å². The van der Waals surface area contributed by atoms with E-state index in [1.807, 2.05) is 121 Å². The van der Waals surface area contributed by atoms with Gasteiger partial charge in [-0.2, -0.15) is 0 Å². The van der Waals surface area contributed by atoms with Crippen molar-refractivity contribution in [2.75, 3.05) is 0 Å². The second kappa shape index (κ2) is 14.4. The maximum atomic E-state index is 9.37. The van der Waals surface area contributed by atoms with E-state index in [1.54, 1.807) is 12.1 Å². The van der Waals surface area contributed by atoms with Crippen LogP contribution < -0.4 is 24.8 Å². The summed E-state index contributed by atoms with van der Waals surface area (Å²) in [5, 5.41) is 23.9. The van der Waals surface area contributed by atoms with Gasteiger partial charge in [-0.25, -0.2) is 0 Å². The maximum absolute atomic E-state index is 9.37. The monoisotopic (exact) mass is 547 g/mol. The summed E-state index contributed by atoms with van der Waals surface area (Å²) < 4.78 is 2.01. The van der Waals surface area contributed by atoms with E-state index in [2.05, 4.69) is 17.1 Å². The van der Waals surface area contributed by atoms with Gasteiger partial charge in [0, 0.05) is 10.8 Å². The summed E-state index contributed by atoms with van der Waals surface area (Å²) in [6, 6.07) is 38.8. The molecule has 5 aromatic carbocycles. The quantitative estimate of drug-likeness (QED) is 0.302. The van der Waals surface area contributed by atoms with E-state index in [0.717, 1.165) is 32.8 Å². The molecule has 6 aromatic rings. The molecule has 0 spiro atoms. The summed E-state index contributed by atoms with van der Waals surface area (Å²) >= 11 is 2.00. The molecule has 0 bridgehead atoms. The molecule has 0 aliphatic heterocycles. The van der Waals surface area contributed by atoms with Crippen molar-refractivity contribution in [1.82, 2.24) is 4.98 Å². The number of aromatic nitrogens is 1. The Labute approximate surface area is 234 Å². The fourth-order valence-electron chi connectivity index (χ4n) is 3.58. The third-order valence-corrected chi connectivity index (χ3v) is 5.76. The van der Waals surface area contributed by atoms with Gasteiger partial charge in [0.2, 0.25) is 0 Å². The molecule has 36 heavy (non-hydrogen) atoms. The molecular formula is C30H23Cl2NO2Ti-2. The van der Waals surface area contributed by atoms with Crippen molar-refractivity contribution in [3.05, 3.63) is 127 Å². The van der Waals surface area contributed by atoms with Gasteiger partial charge in [-0.3, -0.25) is 0 Å². The number of benzene rings is 5. The van der Waals surface area contributed by atoms with E-state index in [4.69, 9.17) is 0 Å². The Morgan fingerprint density at radius 2 is 0.944 bits per heavy atom. The van der Waals surface area contributed by atoms with Gasteiger partial charge in [0.15, 0.2) is 0 Å². The molecule has 6 heteroatoms. The van der Waals surface area contributed by atoms with Crippen LogP contribution in [0.5, 0.6) is 11.5 Å². The van der Waals surface area contributed by atoms with Crippen LogP contribution in [-0.2, 0) is 20.0 Å². The molecule has 180 valence electrons. The Balaban J connectivity index is 0.000000185. The topological polar surface area (TPSA) is 53.4 Å². The van der Waals surface area contributed by atoms with Crippen molar-refractivity contribution >= 4 is 36.8 Å². The predicted octanol–water partition coefficient (Wildman–Crippen LogP) is 1.03. The first-order valence-corrected chi connectivity index (χ1v) is 11.8. The van der Waals surface area contributed by atoms with Crippen LogP contribution in [0.15, 0.2) is 121 Å². The zero-order chi connectivity index (χ0) is 23.8. The molecule has 0 amide bonds. The Morgan fingerprint density at radius 1 is 0.500 bits per heavy atom. The SMILES string of the molecule is Oc1cccc2ccccc12.Oc1cccc2ccccc12.[Cl-].[Cl-].[Ti]=[CH]c1ccc2ccccc2n1. The van der Waals surface area contributed by atoms with E-state index >= 15 is 0 Å². The van der Waals surface area contributed by atoms with Crippen molar-refractivity contribution in [2.45, 2.75) is 0 Å². The number of fused-ring (bicyclic) bond motifs is 3. The molecule has 0 radical (unpaired) electrons. The number of hydrogen-bond acceptors (Lipinski definition) is 3. The standard InChI is InChI=1S/C10H7N.2C10H8O.2ClH.Ti/c1-8-6-7-9-4-2-3-5-10(9)11-8;2*11-10-7-3-5-8-4-1-2-6-9(8)10;;;/h1-7H;2*1-7,11H;2*1H;/p-2. The third-order valence-electron chi connectivity index (χ3n) is 5.30. The normalized spacial score (nSPS) is 9.53. The first-order valence-electron chi connectivity index (χ1n) is 10.9. The number of pyridine rings is 1. The van der Waals surface area contributed by atoms with Crippen molar-refractivity contribution in [2.24, 2.45) is 0 Å². The van der Waals surface area contributed by atoms with E-state index in [9.17, 15) is 10.2 Å². The molecule has 0 aliphatic carbocycles. The van der Waals surface area contributed by atoms with Crippen LogP contribution in [0.3, 0.4) is 0 Å². The second-order valence-electron chi connectivity index (χ2n) is 7.57. The fraction of sp³-hybridized carbons (Fsp3) is 0. The number of hydrogen-bond donors (Lipinski definition) is 2. The van der Waals surface area contributed by atoms with Gasteiger partial charge in [-0.05, 0) is 22.9 Å². The number of rotatable bonds is 1. The van der Waals surface area contributed by atoms with Crippen molar-refractivity contribution in [3.63, 3.8) is 0 Å². The molecule has 0 aliphatic rings. The molecule has 0 saturated heterocycles. The molecule has 3 nitrogen and oxygen atoms in total. The predicted molar refractivity (Wildman–Crippen MR) is 138 cm³/mol. The van der Waals surface area contributed by atoms with Gasteiger partial charge < -0.3 is 35.0 Å². The van der Waals surface area contributed by atoms with E-state index in [1.165, 1.54) is 5.39 Å². The van der Waals surface area contributed by atoms with E-state index in [0.29, 0.717) is 11.5 Å². The number of phenols is 2. The number of nitrogens with zero attached hydrogens (tertiary/aromatic N) is 1. The first kappa shape index (κ1) is 29.0. The number of para-hydroxylation sites is 1. The zero-order valence-corrected chi connectivity index (χ0v) is 22.3. The fourth-order valence-corrected chi connectivity index (χ4v) is 3.83. The molecule has 1 aromatic heterocycles. The van der Waals surface area contributed by atoms with Crippen molar-refractivity contribution in [3.8, 4) is 11.5 Å². The van der Waals surface area contributed by atoms with Crippen LogP contribution in [0.25, 0.3) is 32.4 Å². The Bertz CT molecular complexity index is 1490. The minimum absolute atomic E-state index is 0. The Kier molecular flexibility index (Phi) is 11.6. The summed E-state index contributed by atoms with van der Waals surface area (Å²) in [4.78, 5) is 4.44. The second-order valence-corrected chi connectivity index (χ2v) is 8.02. The number of halogens is 2. The summed E-state index contributed by atoms with van der Waals surface area (Å²) in [6.45, 7) is 0. The molecule has 2 N–H and O–H groups in total. The van der Waals surface area contributed by atoms with Crippen LogP contribution in [0, 0.1) is 0 Å². The van der Waals surface area contributed by atoms with Gasteiger partial charge >= 0.3 is 82.3 Å². The molecule has 0 fully saturated rings. The zero-order valence-electron chi connectivity index (χ0n) is 19.2. The number of phenolic OH excluding ortho intramolecular Hbond substituents is 2. The average molecular weight is 548 g/mol. The Morgan fingerprint density at radius 3 is 1.44 bits per heavy atom. The van der Waals surface area contributed by atoms with Crippen LogP contribution in [-0.4, -0.2) is 19.5 Å². The Hall–Kier alpha value is -3.21.